The number of benzene rings is 1. The predicted octanol–water partition coefficient (Wildman–Crippen LogP) is 1.41. The molecule has 4 nitrogen and oxygen atoms in total. The highest BCUT2D eigenvalue weighted by Crippen LogP contribution is 2.18. The number of rotatable bonds is 5. The molecule has 0 radical (unpaired) electrons. The summed E-state index contributed by atoms with van der Waals surface area (Å²) in [6.45, 7) is 1.60. The second-order valence-electron chi connectivity index (χ2n) is 4.64. The molecule has 98 valence electrons. The molecule has 1 amide bonds. The summed E-state index contributed by atoms with van der Waals surface area (Å²) in [6.07, 6.45) is 1.63. The van der Waals surface area contributed by atoms with Crippen molar-refractivity contribution < 1.29 is 9.53 Å². The standard InChI is InChI=1S/C14H20N2O2/c1-16-12(7-8-14(16)17)10-15-9-11-5-3-4-6-13(11)18-2/h3-6,12,15H,7-10H2,1-2H3. The summed E-state index contributed by atoms with van der Waals surface area (Å²) in [5.74, 6) is 1.15. The van der Waals surface area contributed by atoms with E-state index in [9.17, 15) is 4.79 Å². The Balaban J connectivity index is 1.83. The minimum atomic E-state index is 0.249. The van der Waals surface area contributed by atoms with Crippen molar-refractivity contribution in [2.45, 2.75) is 25.4 Å². The molecule has 1 heterocycles. The fourth-order valence-corrected chi connectivity index (χ4v) is 2.33. The van der Waals surface area contributed by atoms with Crippen LogP contribution in [-0.2, 0) is 11.3 Å². The van der Waals surface area contributed by atoms with Crippen LogP contribution in [0.25, 0.3) is 0 Å². The number of nitrogens with one attached hydrogen (secondary N) is 1. The van der Waals surface area contributed by atoms with Crippen molar-refractivity contribution in [2.24, 2.45) is 0 Å². The van der Waals surface area contributed by atoms with Gasteiger partial charge in [0, 0.05) is 38.2 Å². The molecule has 0 saturated carbocycles. The van der Waals surface area contributed by atoms with Crippen molar-refractivity contribution in [3.63, 3.8) is 0 Å². The van der Waals surface area contributed by atoms with Crippen LogP contribution >= 0.6 is 0 Å². The predicted molar refractivity (Wildman–Crippen MR) is 70.5 cm³/mol. The maximum absolute atomic E-state index is 11.4. The number of hydrogen-bond acceptors (Lipinski definition) is 3. The minimum Gasteiger partial charge on any atom is -0.496 e. The summed E-state index contributed by atoms with van der Waals surface area (Å²) in [6, 6.07) is 8.31. The molecule has 0 aromatic heterocycles. The van der Waals surface area contributed by atoms with Crippen molar-refractivity contribution in [3.05, 3.63) is 29.8 Å². The molecule has 1 saturated heterocycles. The van der Waals surface area contributed by atoms with Gasteiger partial charge in [-0.2, -0.15) is 0 Å². The summed E-state index contributed by atoms with van der Waals surface area (Å²) >= 11 is 0. The zero-order chi connectivity index (χ0) is 13.0. The molecule has 18 heavy (non-hydrogen) atoms. The van der Waals surface area contributed by atoms with Gasteiger partial charge in [-0.15, -0.1) is 0 Å². The van der Waals surface area contributed by atoms with Crippen LogP contribution in [0.1, 0.15) is 18.4 Å². The molecule has 1 unspecified atom stereocenters. The quantitative estimate of drug-likeness (QED) is 0.856. The van der Waals surface area contributed by atoms with Gasteiger partial charge < -0.3 is 15.0 Å². The zero-order valence-corrected chi connectivity index (χ0v) is 11.0. The van der Waals surface area contributed by atoms with Crippen molar-refractivity contribution in [3.8, 4) is 5.75 Å². The van der Waals surface area contributed by atoms with E-state index in [0.29, 0.717) is 12.5 Å². The van der Waals surface area contributed by atoms with Crippen molar-refractivity contribution >= 4 is 5.91 Å². The van der Waals surface area contributed by atoms with E-state index in [0.717, 1.165) is 30.8 Å². The molecule has 1 N–H and O–H groups in total. The van der Waals surface area contributed by atoms with Gasteiger partial charge in [-0.3, -0.25) is 4.79 Å². The lowest BCUT2D eigenvalue weighted by molar-refractivity contribution is -0.127. The smallest absolute Gasteiger partial charge is 0.222 e. The van der Waals surface area contributed by atoms with E-state index in [1.54, 1.807) is 7.11 Å². The normalized spacial score (nSPS) is 19.3. The first-order valence-electron chi connectivity index (χ1n) is 6.30. The number of likely N-dealkylation sites (tertiary alicyclic amines) is 1. The van der Waals surface area contributed by atoms with E-state index in [2.05, 4.69) is 11.4 Å². The van der Waals surface area contributed by atoms with Crippen molar-refractivity contribution in [1.29, 1.82) is 0 Å². The number of nitrogens with zero attached hydrogens (tertiary/aromatic N) is 1. The number of likely N-dealkylation sites (N-methyl/N-ethyl adjacent to an activating group) is 1. The number of carbonyl (C=O) groups is 1. The van der Waals surface area contributed by atoms with E-state index in [1.807, 2.05) is 30.1 Å². The van der Waals surface area contributed by atoms with Crippen LogP contribution in [0.2, 0.25) is 0 Å². The van der Waals surface area contributed by atoms with Gasteiger partial charge in [-0.05, 0) is 12.5 Å². The summed E-state index contributed by atoms with van der Waals surface area (Å²) in [5, 5.41) is 3.40. The lowest BCUT2D eigenvalue weighted by atomic mass is 10.2. The summed E-state index contributed by atoms with van der Waals surface area (Å²) < 4.78 is 5.30. The molecular formula is C14H20N2O2. The zero-order valence-electron chi connectivity index (χ0n) is 11.0. The Morgan fingerprint density at radius 2 is 2.22 bits per heavy atom. The van der Waals surface area contributed by atoms with Gasteiger partial charge in [0.15, 0.2) is 0 Å². The minimum absolute atomic E-state index is 0.249. The first-order valence-corrected chi connectivity index (χ1v) is 6.30. The van der Waals surface area contributed by atoms with Crippen LogP contribution in [0.5, 0.6) is 5.75 Å². The first-order chi connectivity index (χ1) is 8.72. The van der Waals surface area contributed by atoms with E-state index < -0.39 is 0 Å². The number of methoxy groups -OCH3 is 1. The van der Waals surface area contributed by atoms with E-state index in [-0.39, 0.29) is 5.91 Å². The van der Waals surface area contributed by atoms with Gasteiger partial charge in [-0.1, -0.05) is 18.2 Å². The monoisotopic (exact) mass is 248 g/mol. The average molecular weight is 248 g/mol. The maximum atomic E-state index is 11.4. The number of hydrogen-bond donors (Lipinski definition) is 1. The number of carbonyl (C=O) groups excluding carboxylic acids is 1. The highest BCUT2D eigenvalue weighted by Gasteiger charge is 2.26. The lowest BCUT2D eigenvalue weighted by Crippen LogP contribution is -2.37. The molecule has 0 bridgehead atoms. The highest BCUT2D eigenvalue weighted by molar-refractivity contribution is 5.78. The number of amides is 1. The van der Waals surface area contributed by atoms with Crippen molar-refractivity contribution in [1.82, 2.24) is 10.2 Å². The highest BCUT2D eigenvalue weighted by atomic mass is 16.5. The van der Waals surface area contributed by atoms with Crippen LogP contribution in [0.3, 0.4) is 0 Å². The molecular weight excluding hydrogens is 228 g/mol. The third-order valence-corrected chi connectivity index (χ3v) is 3.52. The van der Waals surface area contributed by atoms with Gasteiger partial charge in [0.05, 0.1) is 7.11 Å². The second-order valence-corrected chi connectivity index (χ2v) is 4.64. The molecule has 1 atom stereocenters. The maximum Gasteiger partial charge on any atom is 0.222 e. The van der Waals surface area contributed by atoms with Crippen LogP contribution in [0, 0.1) is 0 Å². The fourth-order valence-electron chi connectivity index (χ4n) is 2.33. The Bertz CT molecular complexity index is 420. The molecule has 1 aromatic rings. The van der Waals surface area contributed by atoms with Crippen LogP contribution in [-0.4, -0.2) is 37.6 Å². The Labute approximate surface area is 108 Å². The fraction of sp³-hybridized carbons (Fsp3) is 0.500. The van der Waals surface area contributed by atoms with E-state index >= 15 is 0 Å². The molecule has 1 aliphatic rings. The summed E-state index contributed by atoms with van der Waals surface area (Å²) in [7, 11) is 3.56. The van der Waals surface area contributed by atoms with Crippen LogP contribution in [0.4, 0.5) is 0 Å². The molecule has 1 fully saturated rings. The topological polar surface area (TPSA) is 41.6 Å². The van der Waals surface area contributed by atoms with Gasteiger partial charge in [0.25, 0.3) is 0 Å². The Hall–Kier alpha value is -1.55. The summed E-state index contributed by atoms with van der Waals surface area (Å²) in [5.41, 5.74) is 1.15. The van der Waals surface area contributed by atoms with Crippen LogP contribution in [0.15, 0.2) is 24.3 Å². The SMILES string of the molecule is COc1ccccc1CNCC1CCC(=O)N1C. The number of ether oxygens (including phenoxy) is 1. The van der Waals surface area contributed by atoms with E-state index in [4.69, 9.17) is 4.74 Å². The molecule has 0 spiro atoms. The Morgan fingerprint density at radius 3 is 2.89 bits per heavy atom. The third kappa shape index (κ3) is 2.82. The first kappa shape index (κ1) is 12.9. The molecule has 2 rings (SSSR count). The van der Waals surface area contributed by atoms with Crippen molar-refractivity contribution in [2.75, 3.05) is 20.7 Å². The third-order valence-electron chi connectivity index (χ3n) is 3.52. The van der Waals surface area contributed by atoms with Gasteiger partial charge in [0.1, 0.15) is 5.75 Å². The second kappa shape index (κ2) is 5.87. The largest absolute Gasteiger partial charge is 0.496 e. The molecule has 1 aromatic carbocycles. The molecule has 0 aliphatic carbocycles. The van der Waals surface area contributed by atoms with Gasteiger partial charge in [0.2, 0.25) is 5.91 Å². The molecule has 1 aliphatic heterocycles. The Kier molecular flexibility index (Phi) is 4.20. The number of para-hydroxylation sites is 1. The lowest BCUT2D eigenvalue weighted by Gasteiger charge is -2.20. The Morgan fingerprint density at radius 1 is 1.44 bits per heavy atom. The van der Waals surface area contributed by atoms with Gasteiger partial charge in [-0.25, -0.2) is 0 Å². The van der Waals surface area contributed by atoms with Gasteiger partial charge >= 0.3 is 0 Å². The van der Waals surface area contributed by atoms with Crippen LogP contribution < -0.4 is 10.1 Å². The average Bonchev–Trinajstić information content (AvgIpc) is 2.71. The molecule has 4 heteroatoms. The summed E-state index contributed by atoms with van der Waals surface area (Å²) in [4.78, 5) is 13.2. The van der Waals surface area contributed by atoms with E-state index in [1.165, 1.54) is 0 Å².